The minimum Gasteiger partial charge on any atom is -0.334 e. The molecule has 28 heavy (non-hydrogen) atoms. The van der Waals surface area contributed by atoms with Crippen LogP contribution in [0.2, 0.25) is 0 Å². The van der Waals surface area contributed by atoms with Crippen LogP contribution in [0.25, 0.3) is 0 Å². The fraction of sp³-hybridized carbons (Fsp3) is 0.0556. The second kappa shape index (κ2) is 8.08. The van der Waals surface area contributed by atoms with Crippen LogP contribution < -0.4 is 16.2 Å². The Kier molecular flexibility index (Phi) is 5.40. The Labute approximate surface area is 158 Å². The van der Waals surface area contributed by atoms with Gasteiger partial charge in [-0.1, -0.05) is 18.2 Å². The maximum atomic E-state index is 13.0. The van der Waals surface area contributed by atoms with Crippen molar-refractivity contribution in [2.75, 3.05) is 10.7 Å². The van der Waals surface area contributed by atoms with E-state index in [0.717, 1.165) is 11.9 Å². The van der Waals surface area contributed by atoms with Gasteiger partial charge in [-0.25, -0.2) is 14.4 Å². The molecule has 0 bridgehead atoms. The van der Waals surface area contributed by atoms with E-state index in [2.05, 4.69) is 26.1 Å². The van der Waals surface area contributed by atoms with Crippen molar-refractivity contribution in [3.8, 4) is 0 Å². The molecule has 142 valence electrons. The normalized spacial score (nSPS) is 10.2. The summed E-state index contributed by atoms with van der Waals surface area (Å²) in [6.07, 6.45) is 1.10. The van der Waals surface area contributed by atoms with Gasteiger partial charge in [-0.05, 0) is 42.8 Å². The second-order valence-electron chi connectivity index (χ2n) is 5.70. The van der Waals surface area contributed by atoms with Crippen molar-refractivity contribution < 1.29 is 14.1 Å². The molecule has 0 unspecified atom stereocenters. The van der Waals surface area contributed by atoms with E-state index in [1.54, 1.807) is 31.2 Å². The van der Waals surface area contributed by atoms with E-state index >= 15 is 0 Å². The van der Waals surface area contributed by atoms with Crippen LogP contribution in [0.1, 0.15) is 15.9 Å². The number of anilines is 3. The Bertz CT molecular complexity index is 1030. The second-order valence-corrected chi connectivity index (χ2v) is 5.70. The van der Waals surface area contributed by atoms with Gasteiger partial charge < -0.3 is 5.32 Å². The van der Waals surface area contributed by atoms with Crippen molar-refractivity contribution in [3.63, 3.8) is 0 Å². The first-order valence-corrected chi connectivity index (χ1v) is 8.09. The van der Waals surface area contributed by atoms with E-state index in [9.17, 15) is 19.3 Å². The highest BCUT2D eigenvalue weighted by Crippen LogP contribution is 2.30. The van der Waals surface area contributed by atoms with Crippen molar-refractivity contribution in [1.29, 1.82) is 0 Å². The lowest BCUT2D eigenvalue weighted by molar-refractivity contribution is -0.383. The van der Waals surface area contributed by atoms with Crippen molar-refractivity contribution in [2.45, 2.75) is 6.92 Å². The van der Waals surface area contributed by atoms with Crippen LogP contribution in [-0.2, 0) is 0 Å². The first-order valence-electron chi connectivity index (χ1n) is 8.09. The van der Waals surface area contributed by atoms with Crippen molar-refractivity contribution in [3.05, 3.63) is 81.9 Å². The summed E-state index contributed by atoms with van der Waals surface area (Å²) < 4.78 is 13.0. The summed E-state index contributed by atoms with van der Waals surface area (Å²) >= 11 is 0. The number of nitrogens with zero attached hydrogens (tertiary/aromatic N) is 3. The Morgan fingerprint density at radius 3 is 2.43 bits per heavy atom. The van der Waals surface area contributed by atoms with Gasteiger partial charge in [0.05, 0.1) is 4.92 Å². The Hall–Kier alpha value is -4.08. The predicted molar refractivity (Wildman–Crippen MR) is 101 cm³/mol. The maximum absolute atomic E-state index is 13.0. The van der Waals surface area contributed by atoms with Crippen LogP contribution in [0.4, 0.5) is 27.4 Å². The third-order valence-corrected chi connectivity index (χ3v) is 3.80. The molecular formula is C18H15FN6O3. The number of benzene rings is 2. The van der Waals surface area contributed by atoms with Gasteiger partial charge in [-0.3, -0.25) is 25.8 Å². The zero-order chi connectivity index (χ0) is 20.1. The molecule has 0 radical (unpaired) electrons. The first-order chi connectivity index (χ1) is 13.5. The van der Waals surface area contributed by atoms with Crippen LogP contribution >= 0.6 is 0 Å². The molecule has 3 aromatic rings. The highest BCUT2D eigenvalue weighted by Gasteiger charge is 2.24. The molecule has 9 nitrogen and oxygen atoms in total. The molecule has 0 atom stereocenters. The topological polar surface area (TPSA) is 122 Å². The molecule has 1 amide bonds. The average Bonchev–Trinajstić information content (AvgIpc) is 2.68. The molecule has 0 aliphatic carbocycles. The molecule has 10 heteroatoms. The summed E-state index contributed by atoms with van der Waals surface area (Å²) in [5, 5.41) is 14.3. The third kappa shape index (κ3) is 4.18. The van der Waals surface area contributed by atoms with Crippen LogP contribution in [0, 0.1) is 22.9 Å². The summed E-state index contributed by atoms with van der Waals surface area (Å²) in [4.78, 5) is 30.8. The summed E-state index contributed by atoms with van der Waals surface area (Å²) in [6, 6.07) is 12.1. The Morgan fingerprint density at radius 2 is 1.75 bits per heavy atom. The van der Waals surface area contributed by atoms with E-state index in [-0.39, 0.29) is 11.6 Å². The number of carbonyl (C=O) groups is 1. The van der Waals surface area contributed by atoms with Crippen molar-refractivity contribution in [1.82, 2.24) is 15.4 Å². The van der Waals surface area contributed by atoms with Gasteiger partial charge in [0.25, 0.3) is 5.91 Å². The standard InChI is InChI=1S/C18H15FN6O3/c1-11-4-2-3-5-14(11)18(26)24-23-17-15(25(27)28)16(20-10-21-17)22-13-8-6-12(19)7-9-13/h2-10H,1H3,(H,24,26)(H2,20,21,22,23). The highest BCUT2D eigenvalue weighted by molar-refractivity contribution is 5.96. The summed E-state index contributed by atoms with van der Waals surface area (Å²) in [5.41, 5.74) is 5.94. The number of nitrogens with one attached hydrogen (secondary N) is 3. The number of hydrogen-bond donors (Lipinski definition) is 3. The van der Waals surface area contributed by atoms with Gasteiger partial charge in [0.1, 0.15) is 12.1 Å². The number of amides is 1. The lowest BCUT2D eigenvalue weighted by atomic mass is 10.1. The minimum absolute atomic E-state index is 0.112. The van der Waals surface area contributed by atoms with Gasteiger partial charge in [0.15, 0.2) is 0 Å². The van der Waals surface area contributed by atoms with Gasteiger partial charge >= 0.3 is 5.69 Å². The fourth-order valence-electron chi connectivity index (χ4n) is 2.42. The molecule has 0 aliphatic heterocycles. The van der Waals surface area contributed by atoms with Gasteiger partial charge in [0.2, 0.25) is 11.6 Å². The predicted octanol–water partition coefficient (Wildman–Crippen LogP) is 3.33. The van der Waals surface area contributed by atoms with Gasteiger partial charge in [-0.2, -0.15) is 0 Å². The number of halogens is 1. The van der Waals surface area contributed by atoms with E-state index < -0.39 is 22.3 Å². The van der Waals surface area contributed by atoms with Crippen molar-refractivity contribution >= 4 is 28.9 Å². The van der Waals surface area contributed by atoms with E-state index in [1.165, 1.54) is 24.3 Å². The number of hydrazine groups is 1. The summed E-state index contributed by atoms with van der Waals surface area (Å²) in [5.74, 6) is -1.23. The number of nitro groups is 1. The SMILES string of the molecule is Cc1ccccc1C(=O)NNc1ncnc(Nc2ccc(F)cc2)c1[N+](=O)[O-]. The maximum Gasteiger partial charge on any atom is 0.355 e. The number of rotatable bonds is 6. The zero-order valence-corrected chi connectivity index (χ0v) is 14.6. The van der Waals surface area contributed by atoms with E-state index in [1.807, 2.05) is 0 Å². The molecule has 0 spiro atoms. The molecular weight excluding hydrogens is 367 g/mol. The largest absolute Gasteiger partial charge is 0.355 e. The van der Waals surface area contributed by atoms with Crippen molar-refractivity contribution in [2.24, 2.45) is 0 Å². The fourth-order valence-corrected chi connectivity index (χ4v) is 2.42. The van der Waals surface area contributed by atoms with Crippen LogP contribution in [-0.4, -0.2) is 20.8 Å². The van der Waals surface area contributed by atoms with Crippen LogP contribution in [0.3, 0.4) is 0 Å². The lowest BCUT2D eigenvalue weighted by Gasteiger charge is -2.11. The van der Waals surface area contributed by atoms with Crippen LogP contribution in [0.15, 0.2) is 54.9 Å². The molecule has 0 aliphatic rings. The van der Waals surface area contributed by atoms with E-state index in [4.69, 9.17) is 0 Å². The summed E-state index contributed by atoms with van der Waals surface area (Å²) in [6.45, 7) is 1.77. The third-order valence-electron chi connectivity index (χ3n) is 3.80. The Morgan fingerprint density at radius 1 is 1.07 bits per heavy atom. The lowest BCUT2D eigenvalue weighted by Crippen LogP contribution is -2.30. The molecule has 0 saturated heterocycles. The Balaban J connectivity index is 1.83. The quantitative estimate of drug-likeness (QED) is 0.441. The monoisotopic (exact) mass is 382 g/mol. The van der Waals surface area contributed by atoms with Gasteiger partial charge in [-0.15, -0.1) is 0 Å². The number of hydrogen-bond acceptors (Lipinski definition) is 7. The molecule has 1 heterocycles. The van der Waals surface area contributed by atoms with E-state index in [0.29, 0.717) is 11.3 Å². The van der Waals surface area contributed by atoms with Gasteiger partial charge in [0, 0.05) is 11.3 Å². The van der Waals surface area contributed by atoms with Crippen LogP contribution in [0.5, 0.6) is 0 Å². The summed E-state index contributed by atoms with van der Waals surface area (Å²) in [7, 11) is 0. The number of aromatic nitrogens is 2. The highest BCUT2D eigenvalue weighted by atomic mass is 19.1. The number of carbonyl (C=O) groups excluding carboxylic acids is 1. The number of aryl methyl sites for hydroxylation is 1. The molecule has 3 N–H and O–H groups in total. The molecule has 0 fully saturated rings. The molecule has 3 rings (SSSR count). The minimum atomic E-state index is -0.686. The zero-order valence-electron chi connectivity index (χ0n) is 14.6. The average molecular weight is 382 g/mol. The molecule has 2 aromatic carbocycles. The molecule has 0 saturated carbocycles. The first kappa shape index (κ1) is 18.7. The molecule has 1 aromatic heterocycles. The smallest absolute Gasteiger partial charge is 0.334 e.